The van der Waals surface area contributed by atoms with Gasteiger partial charge in [-0.3, -0.25) is 0 Å². The molecule has 1 N–H and O–H groups in total. The largest absolute Gasteiger partial charge is 0.314 e. The number of nitrogens with one attached hydrogen (secondary N) is 1. The molecule has 0 aliphatic heterocycles. The molecule has 0 spiro atoms. The van der Waals surface area contributed by atoms with Crippen molar-refractivity contribution in [3.05, 3.63) is 22.4 Å². The first-order valence-electron chi connectivity index (χ1n) is 6.88. The second kappa shape index (κ2) is 5.53. The van der Waals surface area contributed by atoms with Crippen molar-refractivity contribution in [1.82, 2.24) is 5.32 Å². The molecule has 1 fully saturated rings. The van der Waals surface area contributed by atoms with Crippen LogP contribution < -0.4 is 5.32 Å². The molecule has 0 amide bonds. The summed E-state index contributed by atoms with van der Waals surface area (Å²) in [6.07, 6.45) is 5.40. The average Bonchev–Trinajstić information content (AvgIpc) is 2.86. The topological polar surface area (TPSA) is 12.0 Å². The lowest BCUT2D eigenvalue weighted by molar-refractivity contribution is 0.197. The molecular weight excluding hydrogens is 226 g/mol. The van der Waals surface area contributed by atoms with E-state index in [0.29, 0.717) is 11.5 Å². The molecule has 17 heavy (non-hydrogen) atoms. The summed E-state index contributed by atoms with van der Waals surface area (Å²) in [5, 5.41) is 8.21. The lowest BCUT2D eigenvalue weighted by Gasteiger charge is -2.34. The smallest absolute Gasteiger partial charge is 0.0141 e. The third kappa shape index (κ3) is 3.11. The van der Waals surface area contributed by atoms with Gasteiger partial charge in [0, 0.05) is 6.04 Å². The molecule has 1 saturated carbocycles. The van der Waals surface area contributed by atoms with Crippen LogP contribution in [0.25, 0.3) is 0 Å². The molecule has 1 aliphatic rings. The van der Waals surface area contributed by atoms with E-state index >= 15 is 0 Å². The SMILES string of the molecule is CCNC(Cc1ccsc1)C1CCCC1(C)C. The van der Waals surface area contributed by atoms with Crippen LogP contribution in [0.3, 0.4) is 0 Å². The molecule has 96 valence electrons. The first-order chi connectivity index (χ1) is 8.13. The quantitative estimate of drug-likeness (QED) is 0.831. The second-order valence-electron chi connectivity index (χ2n) is 5.99. The molecule has 0 aromatic carbocycles. The molecule has 0 saturated heterocycles. The van der Waals surface area contributed by atoms with Crippen molar-refractivity contribution < 1.29 is 0 Å². The van der Waals surface area contributed by atoms with Gasteiger partial charge in [0.25, 0.3) is 0 Å². The maximum Gasteiger partial charge on any atom is 0.0141 e. The maximum absolute atomic E-state index is 3.72. The van der Waals surface area contributed by atoms with Crippen molar-refractivity contribution in [3.63, 3.8) is 0 Å². The molecule has 2 atom stereocenters. The summed E-state index contributed by atoms with van der Waals surface area (Å²) in [6, 6.07) is 2.93. The molecule has 2 rings (SSSR count). The first-order valence-corrected chi connectivity index (χ1v) is 7.82. The molecule has 1 aromatic heterocycles. The van der Waals surface area contributed by atoms with E-state index < -0.39 is 0 Å². The van der Waals surface area contributed by atoms with Gasteiger partial charge < -0.3 is 5.32 Å². The summed E-state index contributed by atoms with van der Waals surface area (Å²) in [4.78, 5) is 0. The van der Waals surface area contributed by atoms with Crippen molar-refractivity contribution in [2.24, 2.45) is 11.3 Å². The molecule has 1 aromatic rings. The highest BCUT2D eigenvalue weighted by Gasteiger charge is 2.39. The Labute approximate surface area is 110 Å². The molecule has 2 heteroatoms. The Morgan fingerprint density at radius 1 is 1.53 bits per heavy atom. The summed E-state index contributed by atoms with van der Waals surface area (Å²) in [7, 11) is 0. The predicted molar refractivity (Wildman–Crippen MR) is 76.6 cm³/mol. The second-order valence-corrected chi connectivity index (χ2v) is 6.77. The highest BCUT2D eigenvalue weighted by atomic mass is 32.1. The van der Waals surface area contributed by atoms with Crippen molar-refractivity contribution in [2.45, 2.75) is 52.5 Å². The van der Waals surface area contributed by atoms with Gasteiger partial charge in [-0.25, -0.2) is 0 Å². The van der Waals surface area contributed by atoms with E-state index in [9.17, 15) is 0 Å². The molecular formula is C15H25NS. The number of thiophene rings is 1. The zero-order chi connectivity index (χ0) is 12.3. The zero-order valence-electron chi connectivity index (χ0n) is 11.3. The van der Waals surface area contributed by atoms with Crippen LogP contribution in [0.2, 0.25) is 0 Å². The van der Waals surface area contributed by atoms with Crippen molar-refractivity contribution in [3.8, 4) is 0 Å². The Balaban J connectivity index is 2.06. The van der Waals surface area contributed by atoms with Crippen LogP contribution in [0.5, 0.6) is 0 Å². The first kappa shape index (κ1) is 13.1. The highest BCUT2D eigenvalue weighted by molar-refractivity contribution is 7.07. The fourth-order valence-electron chi connectivity index (χ4n) is 3.38. The van der Waals surface area contributed by atoms with Gasteiger partial charge in [0.15, 0.2) is 0 Å². The van der Waals surface area contributed by atoms with Crippen LogP contribution in [-0.4, -0.2) is 12.6 Å². The third-order valence-corrected chi connectivity index (χ3v) is 5.06. The molecule has 1 aliphatic carbocycles. The van der Waals surface area contributed by atoms with Gasteiger partial charge in [-0.15, -0.1) is 0 Å². The van der Waals surface area contributed by atoms with E-state index in [0.717, 1.165) is 12.5 Å². The summed E-state index contributed by atoms with van der Waals surface area (Å²) < 4.78 is 0. The van der Waals surface area contributed by atoms with E-state index in [1.54, 1.807) is 0 Å². The van der Waals surface area contributed by atoms with Gasteiger partial charge in [0.2, 0.25) is 0 Å². The Morgan fingerprint density at radius 3 is 2.88 bits per heavy atom. The molecule has 2 unspecified atom stereocenters. The number of hydrogen-bond acceptors (Lipinski definition) is 2. The van der Waals surface area contributed by atoms with Crippen molar-refractivity contribution in [2.75, 3.05) is 6.54 Å². The summed E-state index contributed by atoms with van der Waals surface area (Å²) in [5.74, 6) is 0.836. The Bertz CT molecular complexity index is 329. The fraction of sp³-hybridized carbons (Fsp3) is 0.733. The van der Waals surface area contributed by atoms with E-state index in [1.807, 2.05) is 11.3 Å². The van der Waals surface area contributed by atoms with Gasteiger partial charge in [-0.05, 0) is 59.5 Å². The van der Waals surface area contributed by atoms with E-state index in [1.165, 1.54) is 31.2 Å². The van der Waals surface area contributed by atoms with Gasteiger partial charge in [-0.2, -0.15) is 11.3 Å². The minimum atomic E-state index is 0.517. The van der Waals surface area contributed by atoms with Gasteiger partial charge >= 0.3 is 0 Å². The number of hydrogen-bond donors (Lipinski definition) is 1. The minimum Gasteiger partial charge on any atom is -0.314 e. The fourth-order valence-corrected chi connectivity index (χ4v) is 4.06. The number of rotatable bonds is 5. The van der Waals surface area contributed by atoms with Gasteiger partial charge in [-0.1, -0.05) is 27.2 Å². The van der Waals surface area contributed by atoms with E-state index in [-0.39, 0.29) is 0 Å². The maximum atomic E-state index is 3.72. The van der Waals surface area contributed by atoms with Crippen LogP contribution in [-0.2, 0) is 6.42 Å². The molecule has 1 nitrogen and oxygen atoms in total. The Morgan fingerprint density at radius 2 is 2.35 bits per heavy atom. The monoisotopic (exact) mass is 251 g/mol. The molecule has 0 bridgehead atoms. The summed E-state index contributed by atoms with van der Waals surface area (Å²) in [5.41, 5.74) is 2.02. The number of likely N-dealkylation sites (N-methyl/N-ethyl adjacent to an activating group) is 1. The summed E-state index contributed by atoms with van der Waals surface area (Å²) >= 11 is 1.81. The van der Waals surface area contributed by atoms with E-state index in [2.05, 4.69) is 42.9 Å². The zero-order valence-corrected chi connectivity index (χ0v) is 12.1. The molecule has 0 radical (unpaired) electrons. The van der Waals surface area contributed by atoms with Crippen LogP contribution in [0, 0.1) is 11.3 Å². The van der Waals surface area contributed by atoms with Crippen LogP contribution in [0.15, 0.2) is 16.8 Å². The standard InChI is InChI=1S/C15H25NS/c1-4-16-14(10-12-7-9-17-11-12)13-6-5-8-15(13,2)3/h7,9,11,13-14,16H,4-6,8,10H2,1-3H3. The normalized spacial score (nSPS) is 25.0. The van der Waals surface area contributed by atoms with Gasteiger partial charge in [0.1, 0.15) is 0 Å². The van der Waals surface area contributed by atoms with E-state index in [4.69, 9.17) is 0 Å². The Hall–Kier alpha value is -0.340. The Kier molecular flexibility index (Phi) is 4.26. The van der Waals surface area contributed by atoms with Crippen LogP contribution in [0.1, 0.15) is 45.6 Å². The van der Waals surface area contributed by atoms with Crippen LogP contribution >= 0.6 is 11.3 Å². The van der Waals surface area contributed by atoms with Gasteiger partial charge in [0.05, 0.1) is 0 Å². The summed E-state index contributed by atoms with van der Waals surface area (Å²) in [6.45, 7) is 8.20. The van der Waals surface area contributed by atoms with Crippen molar-refractivity contribution >= 4 is 11.3 Å². The molecule has 1 heterocycles. The lowest BCUT2D eigenvalue weighted by Crippen LogP contribution is -2.42. The minimum absolute atomic E-state index is 0.517. The third-order valence-electron chi connectivity index (χ3n) is 4.33. The van der Waals surface area contributed by atoms with Crippen molar-refractivity contribution in [1.29, 1.82) is 0 Å². The lowest BCUT2D eigenvalue weighted by atomic mass is 9.76. The highest BCUT2D eigenvalue weighted by Crippen LogP contribution is 2.44. The average molecular weight is 251 g/mol. The predicted octanol–water partition coefficient (Wildman–Crippen LogP) is 4.10. The van der Waals surface area contributed by atoms with Crippen LogP contribution in [0.4, 0.5) is 0 Å².